The van der Waals surface area contributed by atoms with Gasteiger partial charge in [0.1, 0.15) is 24.2 Å². The van der Waals surface area contributed by atoms with Crippen molar-refractivity contribution in [3.05, 3.63) is 66.2 Å². The van der Waals surface area contributed by atoms with Crippen molar-refractivity contribution in [2.45, 2.75) is 39.3 Å². The topological polar surface area (TPSA) is 81.5 Å². The van der Waals surface area contributed by atoms with Crippen LogP contribution in [0.4, 0.5) is 0 Å². The molecule has 0 atom stereocenters. The monoisotopic (exact) mass is 449 g/mol. The minimum absolute atomic E-state index is 0.000428. The van der Waals surface area contributed by atoms with Gasteiger partial charge in [-0.2, -0.15) is 5.10 Å². The summed E-state index contributed by atoms with van der Waals surface area (Å²) in [5.41, 5.74) is 2.60. The van der Waals surface area contributed by atoms with E-state index in [1.807, 2.05) is 44.2 Å². The van der Waals surface area contributed by atoms with Crippen molar-refractivity contribution >= 4 is 5.91 Å². The molecule has 33 heavy (non-hydrogen) atoms. The first-order chi connectivity index (χ1) is 16.2. The van der Waals surface area contributed by atoms with Crippen LogP contribution >= 0.6 is 0 Å². The second-order valence-electron chi connectivity index (χ2n) is 8.04. The molecule has 1 amide bonds. The van der Waals surface area contributed by atoms with Gasteiger partial charge in [-0.1, -0.05) is 18.2 Å². The minimum Gasteiger partial charge on any atom is -0.491 e. The van der Waals surface area contributed by atoms with E-state index in [1.54, 1.807) is 11.0 Å². The zero-order valence-corrected chi connectivity index (χ0v) is 19.2. The number of aromatic nitrogens is 3. The lowest BCUT2D eigenvalue weighted by Gasteiger charge is -2.32. The second kappa shape index (κ2) is 11.0. The van der Waals surface area contributed by atoms with E-state index in [0.717, 1.165) is 55.2 Å². The summed E-state index contributed by atoms with van der Waals surface area (Å²) in [5.74, 6) is 1.46. The van der Waals surface area contributed by atoms with Gasteiger partial charge in [0.25, 0.3) is 5.91 Å². The molecule has 0 aliphatic carbocycles. The molecule has 174 valence electrons. The standard InChI is InChI=1S/C25H31N5O3/c1-3-32-22-14-19(15-23(33-4-2)24(22)30-18-26-17-27-30)16-29-12-10-21(11-13-29)28-25(31)20-8-6-5-7-9-20/h5-9,14-15,17-18,21H,3-4,10-13,16H2,1-2H3,(H,28,31). The number of carbonyl (C=O) groups excluding carboxylic acids is 1. The Bertz CT molecular complexity index is 1000. The van der Waals surface area contributed by atoms with E-state index in [-0.39, 0.29) is 11.9 Å². The van der Waals surface area contributed by atoms with Crippen LogP contribution in [0.1, 0.15) is 42.6 Å². The van der Waals surface area contributed by atoms with Gasteiger partial charge in [0.2, 0.25) is 0 Å². The molecule has 0 bridgehead atoms. The summed E-state index contributed by atoms with van der Waals surface area (Å²) in [7, 11) is 0. The predicted octanol–water partition coefficient (Wildman–Crippen LogP) is 3.46. The van der Waals surface area contributed by atoms with Crippen LogP contribution in [0.2, 0.25) is 0 Å². The number of hydrogen-bond donors (Lipinski definition) is 1. The van der Waals surface area contributed by atoms with Gasteiger partial charge in [-0.25, -0.2) is 9.67 Å². The van der Waals surface area contributed by atoms with Crippen molar-refractivity contribution in [1.29, 1.82) is 0 Å². The van der Waals surface area contributed by atoms with E-state index in [4.69, 9.17) is 9.47 Å². The first-order valence-corrected chi connectivity index (χ1v) is 11.5. The number of benzene rings is 2. The summed E-state index contributed by atoms with van der Waals surface area (Å²) >= 11 is 0. The van der Waals surface area contributed by atoms with Crippen molar-refractivity contribution in [3.63, 3.8) is 0 Å². The van der Waals surface area contributed by atoms with Crippen LogP contribution in [0, 0.1) is 0 Å². The van der Waals surface area contributed by atoms with E-state index in [2.05, 4.69) is 32.4 Å². The molecule has 1 aromatic heterocycles. The maximum Gasteiger partial charge on any atom is 0.251 e. The largest absolute Gasteiger partial charge is 0.491 e. The lowest BCUT2D eigenvalue weighted by Crippen LogP contribution is -2.44. The third kappa shape index (κ3) is 5.70. The summed E-state index contributed by atoms with van der Waals surface area (Å²) in [6.07, 6.45) is 4.99. The average Bonchev–Trinajstić information content (AvgIpc) is 3.36. The van der Waals surface area contributed by atoms with Crippen molar-refractivity contribution in [2.24, 2.45) is 0 Å². The van der Waals surface area contributed by atoms with Crippen molar-refractivity contribution < 1.29 is 14.3 Å². The molecule has 0 radical (unpaired) electrons. The Kier molecular flexibility index (Phi) is 7.57. The van der Waals surface area contributed by atoms with Crippen LogP contribution < -0.4 is 14.8 Å². The zero-order chi connectivity index (χ0) is 23.0. The molecule has 4 rings (SSSR count). The highest BCUT2D eigenvalue weighted by Gasteiger charge is 2.23. The maximum atomic E-state index is 12.4. The molecule has 1 aliphatic heterocycles. The maximum absolute atomic E-state index is 12.4. The SMILES string of the molecule is CCOc1cc(CN2CCC(NC(=O)c3ccccc3)CC2)cc(OCC)c1-n1cncn1. The number of ether oxygens (including phenoxy) is 2. The van der Waals surface area contributed by atoms with Gasteiger partial charge in [0.15, 0.2) is 5.69 Å². The fourth-order valence-electron chi connectivity index (χ4n) is 4.16. The molecule has 1 N–H and O–H groups in total. The first-order valence-electron chi connectivity index (χ1n) is 11.5. The first kappa shape index (κ1) is 22.8. The number of likely N-dealkylation sites (tertiary alicyclic amines) is 1. The van der Waals surface area contributed by atoms with Gasteiger partial charge in [-0.3, -0.25) is 9.69 Å². The van der Waals surface area contributed by atoms with Crippen LogP contribution in [0.3, 0.4) is 0 Å². The molecule has 2 heterocycles. The molecule has 0 unspecified atom stereocenters. The van der Waals surface area contributed by atoms with E-state index in [0.29, 0.717) is 18.8 Å². The Hall–Kier alpha value is -3.39. The van der Waals surface area contributed by atoms with E-state index in [1.165, 1.54) is 6.33 Å². The molecule has 8 nitrogen and oxygen atoms in total. The van der Waals surface area contributed by atoms with Gasteiger partial charge in [-0.05, 0) is 56.5 Å². The van der Waals surface area contributed by atoms with Crippen LogP contribution in [-0.4, -0.2) is 57.9 Å². The molecule has 0 spiro atoms. The molecule has 2 aromatic carbocycles. The highest BCUT2D eigenvalue weighted by molar-refractivity contribution is 5.94. The number of amides is 1. The van der Waals surface area contributed by atoms with Gasteiger partial charge in [-0.15, -0.1) is 0 Å². The molecule has 0 saturated carbocycles. The quantitative estimate of drug-likeness (QED) is 0.539. The number of carbonyl (C=O) groups is 1. The summed E-state index contributed by atoms with van der Waals surface area (Å²) in [6, 6.07) is 13.7. The molecular formula is C25H31N5O3. The average molecular weight is 450 g/mol. The third-order valence-electron chi connectivity index (χ3n) is 5.71. The molecule has 1 saturated heterocycles. The Morgan fingerprint density at radius 3 is 2.30 bits per heavy atom. The second-order valence-corrected chi connectivity index (χ2v) is 8.04. The van der Waals surface area contributed by atoms with Gasteiger partial charge < -0.3 is 14.8 Å². The number of nitrogens with zero attached hydrogens (tertiary/aromatic N) is 4. The van der Waals surface area contributed by atoms with Crippen molar-refractivity contribution in [1.82, 2.24) is 25.0 Å². The molecule has 1 aliphatic rings. The Labute approximate surface area is 194 Å². The Morgan fingerprint density at radius 2 is 1.73 bits per heavy atom. The van der Waals surface area contributed by atoms with Crippen LogP contribution in [0.15, 0.2) is 55.1 Å². The number of hydrogen-bond acceptors (Lipinski definition) is 6. The molecular weight excluding hydrogens is 418 g/mol. The Balaban J connectivity index is 1.42. The lowest BCUT2D eigenvalue weighted by atomic mass is 10.0. The van der Waals surface area contributed by atoms with Crippen LogP contribution in [0.25, 0.3) is 5.69 Å². The summed E-state index contributed by atoms with van der Waals surface area (Å²) in [5, 5.41) is 7.45. The van der Waals surface area contributed by atoms with Gasteiger partial charge in [0.05, 0.1) is 13.2 Å². The molecule has 8 heteroatoms. The van der Waals surface area contributed by atoms with Gasteiger partial charge >= 0.3 is 0 Å². The van der Waals surface area contributed by atoms with Crippen molar-refractivity contribution in [2.75, 3.05) is 26.3 Å². The van der Waals surface area contributed by atoms with Crippen LogP contribution in [-0.2, 0) is 6.54 Å². The van der Waals surface area contributed by atoms with Crippen molar-refractivity contribution in [3.8, 4) is 17.2 Å². The lowest BCUT2D eigenvalue weighted by molar-refractivity contribution is 0.0909. The zero-order valence-electron chi connectivity index (χ0n) is 19.2. The minimum atomic E-state index is 0.000428. The third-order valence-corrected chi connectivity index (χ3v) is 5.71. The summed E-state index contributed by atoms with van der Waals surface area (Å²) in [6.45, 7) is 7.64. The van der Waals surface area contributed by atoms with E-state index < -0.39 is 0 Å². The highest BCUT2D eigenvalue weighted by Crippen LogP contribution is 2.35. The van der Waals surface area contributed by atoms with Gasteiger partial charge in [0, 0.05) is 31.2 Å². The fourth-order valence-corrected chi connectivity index (χ4v) is 4.16. The normalized spacial score (nSPS) is 14.7. The van der Waals surface area contributed by atoms with E-state index >= 15 is 0 Å². The summed E-state index contributed by atoms with van der Waals surface area (Å²) < 4.78 is 13.6. The Morgan fingerprint density at radius 1 is 1.06 bits per heavy atom. The smallest absolute Gasteiger partial charge is 0.251 e. The van der Waals surface area contributed by atoms with E-state index in [9.17, 15) is 4.79 Å². The number of nitrogens with one attached hydrogen (secondary N) is 1. The number of rotatable bonds is 9. The van der Waals surface area contributed by atoms with Crippen LogP contribution in [0.5, 0.6) is 11.5 Å². The predicted molar refractivity (Wildman–Crippen MR) is 126 cm³/mol. The number of piperidine rings is 1. The molecule has 1 fully saturated rings. The fraction of sp³-hybridized carbons (Fsp3) is 0.400. The molecule has 3 aromatic rings. The highest BCUT2D eigenvalue weighted by atomic mass is 16.5. The summed E-state index contributed by atoms with van der Waals surface area (Å²) in [4.78, 5) is 18.9.